The molecule has 6 nitrogen and oxygen atoms in total. The summed E-state index contributed by atoms with van der Waals surface area (Å²) in [6.45, 7) is 7.95. The van der Waals surface area contributed by atoms with Gasteiger partial charge in [-0.2, -0.15) is 0 Å². The number of amides is 3. The van der Waals surface area contributed by atoms with Crippen LogP contribution < -0.4 is 16.0 Å². The Morgan fingerprint density at radius 2 is 1.81 bits per heavy atom. The SMILES string of the molecule is Cc1cccc(NC(=O)NCCNC(=O)OC(C)(C)C)c1. The third kappa shape index (κ3) is 7.81. The maximum absolute atomic E-state index is 11.6. The normalized spacial score (nSPS) is 10.7. The third-order valence-corrected chi connectivity index (χ3v) is 2.35. The number of urea groups is 1. The van der Waals surface area contributed by atoms with Gasteiger partial charge in [-0.3, -0.25) is 0 Å². The molecule has 1 aromatic rings. The second-order valence-electron chi connectivity index (χ2n) is 5.68. The second-order valence-corrected chi connectivity index (χ2v) is 5.68. The standard InChI is InChI=1S/C15H23N3O3/c1-11-6-5-7-12(10-11)18-13(19)16-8-9-17-14(20)21-15(2,3)4/h5-7,10H,8-9H2,1-4H3,(H,17,20)(H2,16,18,19). The summed E-state index contributed by atoms with van der Waals surface area (Å²) < 4.78 is 5.08. The van der Waals surface area contributed by atoms with Gasteiger partial charge in [0.1, 0.15) is 5.60 Å². The first kappa shape index (κ1) is 16.8. The van der Waals surface area contributed by atoms with Crippen molar-refractivity contribution in [1.82, 2.24) is 10.6 Å². The fourth-order valence-electron chi connectivity index (χ4n) is 1.55. The second kappa shape index (κ2) is 7.52. The van der Waals surface area contributed by atoms with Gasteiger partial charge in [0.2, 0.25) is 0 Å². The van der Waals surface area contributed by atoms with Crippen molar-refractivity contribution in [2.75, 3.05) is 18.4 Å². The summed E-state index contributed by atoms with van der Waals surface area (Å²) in [5.74, 6) is 0. The van der Waals surface area contributed by atoms with Gasteiger partial charge in [0.15, 0.2) is 0 Å². The Kier molecular flexibility index (Phi) is 6.02. The zero-order chi connectivity index (χ0) is 15.9. The van der Waals surface area contributed by atoms with Gasteiger partial charge in [-0.25, -0.2) is 9.59 Å². The minimum atomic E-state index is -0.528. The molecule has 0 spiro atoms. The van der Waals surface area contributed by atoms with Crippen molar-refractivity contribution < 1.29 is 14.3 Å². The maximum Gasteiger partial charge on any atom is 0.407 e. The van der Waals surface area contributed by atoms with E-state index in [-0.39, 0.29) is 6.03 Å². The average molecular weight is 293 g/mol. The highest BCUT2D eigenvalue weighted by atomic mass is 16.6. The summed E-state index contributed by atoms with van der Waals surface area (Å²) in [4.78, 5) is 23.0. The Bertz CT molecular complexity index is 495. The molecular formula is C15H23N3O3. The van der Waals surface area contributed by atoms with Gasteiger partial charge in [0, 0.05) is 18.8 Å². The van der Waals surface area contributed by atoms with Crippen molar-refractivity contribution in [2.24, 2.45) is 0 Å². The highest BCUT2D eigenvalue weighted by molar-refractivity contribution is 5.89. The molecule has 0 saturated heterocycles. The van der Waals surface area contributed by atoms with Crippen LogP contribution in [-0.4, -0.2) is 30.8 Å². The minimum absolute atomic E-state index is 0.302. The maximum atomic E-state index is 11.6. The van der Waals surface area contributed by atoms with E-state index in [1.165, 1.54) is 0 Å². The highest BCUT2D eigenvalue weighted by Crippen LogP contribution is 2.09. The van der Waals surface area contributed by atoms with E-state index in [0.29, 0.717) is 13.1 Å². The number of hydrogen-bond acceptors (Lipinski definition) is 3. The number of alkyl carbamates (subject to hydrolysis) is 1. The molecule has 0 aliphatic heterocycles. The highest BCUT2D eigenvalue weighted by Gasteiger charge is 2.15. The molecule has 0 bridgehead atoms. The minimum Gasteiger partial charge on any atom is -0.444 e. The molecule has 0 radical (unpaired) electrons. The molecule has 0 atom stereocenters. The summed E-state index contributed by atoms with van der Waals surface area (Å²) in [6.07, 6.45) is -0.497. The van der Waals surface area contributed by atoms with E-state index >= 15 is 0 Å². The van der Waals surface area contributed by atoms with Crippen molar-refractivity contribution >= 4 is 17.8 Å². The van der Waals surface area contributed by atoms with Crippen LogP contribution in [0.1, 0.15) is 26.3 Å². The zero-order valence-corrected chi connectivity index (χ0v) is 12.9. The lowest BCUT2D eigenvalue weighted by Crippen LogP contribution is -2.39. The predicted octanol–water partition coefficient (Wildman–Crippen LogP) is 2.64. The topological polar surface area (TPSA) is 79.5 Å². The van der Waals surface area contributed by atoms with Crippen LogP contribution in [0.15, 0.2) is 24.3 Å². The van der Waals surface area contributed by atoms with Crippen LogP contribution in [0.2, 0.25) is 0 Å². The van der Waals surface area contributed by atoms with E-state index in [1.807, 2.05) is 31.2 Å². The monoisotopic (exact) mass is 293 g/mol. The number of carbonyl (C=O) groups excluding carboxylic acids is 2. The predicted molar refractivity (Wildman–Crippen MR) is 82.4 cm³/mol. The quantitative estimate of drug-likeness (QED) is 0.747. The molecule has 0 unspecified atom stereocenters. The number of benzene rings is 1. The average Bonchev–Trinajstić information content (AvgIpc) is 2.32. The van der Waals surface area contributed by atoms with Gasteiger partial charge in [0.05, 0.1) is 0 Å². The zero-order valence-electron chi connectivity index (χ0n) is 12.9. The van der Waals surface area contributed by atoms with Gasteiger partial charge in [-0.05, 0) is 45.4 Å². The summed E-state index contributed by atoms with van der Waals surface area (Å²) in [6, 6.07) is 7.19. The molecule has 1 rings (SSSR count). The first-order valence-electron chi connectivity index (χ1n) is 6.84. The molecule has 3 amide bonds. The van der Waals surface area contributed by atoms with Gasteiger partial charge < -0.3 is 20.7 Å². The summed E-state index contributed by atoms with van der Waals surface area (Å²) >= 11 is 0. The van der Waals surface area contributed by atoms with Crippen LogP contribution in [0, 0.1) is 6.92 Å². The van der Waals surface area contributed by atoms with Crippen LogP contribution in [0.5, 0.6) is 0 Å². The van der Waals surface area contributed by atoms with Gasteiger partial charge >= 0.3 is 12.1 Å². The molecule has 116 valence electrons. The van der Waals surface area contributed by atoms with E-state index < -0.39 is 11.7 Å². The molecular weight excluding hydrogens is 270 g/mol. The number of nitrogens with one attached hydrogen (secondary N) is 3. The summed E-state index contributed by atoms with van der Waals surface area (Å²) in [5.41, 5.74) is 1.27. The van der Waals surface area contributed by atoms with Crippen LogP contribution in [0.25, 0.3) is 0 Å². The first-order valence-corrected chi connectivity index (χ1v) is 6.84. The van der Waals surface area contributed by atoms with Gasteiger partial charge in [0.25, 0.3) is 0 Å². The number of ether oxygens (including phenoxy) is 1. The number of hydrogen-bond donors (Lipinski definition) is 3. The summed E-state index contributed by atoms with van der Waals surface area (Å²) in [5, 5.41) is 7.93. The Morgan fingerprint density at radius 1 is 1.14 bits per heavy atom. The molecule has 0 aliphatic rings. The van der Waals surface area contributed by atoms with Gasteiger partial charge in [-0.15, -0.1) is 0 Å². The van der Waals surface area contributed by atoms with Crippen LogP contribution in [-0.2, 0) is 4.74 Å². The van der Waals surface area contributed by atoms with Crippen molar-refractivity contribution in [2.45, 2.75) is 33.3 Å². The fraction of sp³-hybridized carbons (Fsp3) is 0.467. The van der Waals surface area contributed by atoms with Crippen LogP contribution >= 0.6 is 0 Å². The van der Waals surface area contributed by atoms with Crippen LogP contribution in [0.4, 0.5) is 15.3 Å². The number of aryl methyl sites for hydroxylation is 1. The molecule has 0 aliphatic carbocycles. The van der Waals surface area contributed by atoms with E-state index in [1.54, 1.807) is 20.8 Å². The molecule has 21 heavy (non-hydrogen) atoms. The van der Waals surface area contributed by atoms with E-state index in [2.05, 4.69) is 16.0 Å². The van der Waals surface area contributed by atoms with Crippen molar-refractivity contribution in [1.29, 1.82) is 0 Å². The largest absolute Gasteiger partial charge is 0.444 e. The lowest BCUT2D eigenvalue weighted by atomic mass is 10.2. The van der Waals surface area contributed by atoms with E-state index in [4.69, 9.17) is 4.74 Å². The fourth-order valence-corrected chi connectivity index (χ4v) is 1.55. The first-order chi connectivity index (χ1) is 9.76. The van der Waals surface area contributed by atoms with Crippen molar-refractivity contribution in [3.05, 3.63) is 29.8 Å². The lowest BCUT2D eigenvalue weighted by molar-refractivity contribution is 0.0528. The molecule has 6 heteroatoms. The Hall–Kier alpha value is -2.24. The number of rotatable bonds is 4. The van der Waals surface area contributed by atoms with E-state index in [0.717, 1.165) is 11.3 Å². The Balaban J connectivity index is 2.21. The molecule has 0 aromatic heterocycles. The van der Waals surface area contributed by atoms with E-state index in [9.17, 15) is 9.59 Å². The third-order valence-electron chi connectivity index (χ3n) is 2.35. The van der Waals surface area contributed by atoms with Crippen molar-refractivity contribution in [3.8, 4) is 0 Å². The Morgan fingerprint density at radius 3 is 2.43 bits per heavy atom. The van der Waals surface area contributed by atoms with Crippen LogP contribution in [0.3, 0.4) is 0 Å². The molecule has 1 aromatic carbocycles. The molecule has 3 N–H and O–H groups in total. The number of carbonyl (C=O) groups is 2. The smallest absolute Gasteiger partial charge is 0.407 e. The van der Waals surface area contributed by atoms with Crippen molar-refractivity contribution in [3.63, 3.8) is 0 Å². The molecule has 0 saturated carbocycles. The Labute approximate surface area is 125 Å². The molecule has 0 fully saturated rings. The number of anilines is 1. The summed E-state index contributed by atoms with van der Waals surface area (Å²) in [7, 11) is 0. The molecule has 0 heterocycles. The lowest BCUT2D eigenvalue weighted by Gasteiger charge is -2.19. The van der Waals surface area contributed by atoms with Gasteiger partial charge in [-0.1, -0.05) is 12.1 Å².